The smallest absolute Gasteiger partial charge is 0.269 e. The number of aliphatic imine (C=N–C) groups is 1. The van der Waals surface area contributed by atoms with E-state index in [-0.39, 0.29) is 11.6 Å². The first-order valence-electron chi connectivity index (χ1n) is 10.6. The molecule has 0 unspecified atom stereocenters. The third-order valence-electron chi connectivity index (χ3n) is 5.62. The molecular formula is C25H24N4O3S. The van der Waals surface area contributed by atoms with Crippen LogP contribution in [0.25, 0.3) is 11.8 Å². The third-order valence-corrected chi connectivity index (χ3v) is 6.52. The number of aryl methyl sites for hydroxylation is 3. The minimum atomic E-state index is -0.394. The van der Waals surface area contributed by atoms with Gasteiger partial charge in [0.05, 0.1) is 15.5 Å². The van der Waals surface area contributed by atoms with Crippen LogP contribution in [0.15, 0.2) is 58.4 Å². The molecule has 0 atom stereocenters. The normalized spacial score (nSPS) is 15.9. The number of nitrogens with one attached hydrogen (secondary N) is 1. The maximum Gasteiger partial charge on any atom is 0.269 e. The van der Waals surface area contributed by atoms with Crippen molar-refractivity contribution in [2.45, 2.75) is 34.1 Å². The van der Waals surface area contributed by atoms with Crippen LogP contribution >= 0.6 is 11.8 Å². The van der Waals surface area contributed by atoms with Gasteiger partial charge in [0, 0.05) is 29.2 Å². The molecule has 2 heterocycles. The Morgan fingerprint density at radius 1 is 1.12 bits per heavy atom. The van der Waals surface area contributed by atoms with Gasteiger partial charge in [0.2, 0.25) is 0 Å². The van der Waals surface area contributed by atoms with Crippen molar-refractivity contribution in [2.75, 3.05) is 0 Å². The molecule has 1 fully saturated rings. The number of rotatable bonds is 5. The number of benzene rings is 2. The van der Waals surface area contributed by atoms with Crippen LogP contribution in [0.1, 0.15) is 35.0 Å². The minimum Gasteiger partial charge on any atom is -0.318 e. The Labute approximate surface area is 196 Å². The van der Waals surface area contributed by atoms with Crippen LogP contribution in [0.3, 0.4) is 0 Å². The number of carbonyl (C=O) groups is 1. The molecule has 0 bridgehead atoms. The summed E-state index contributed by atoms with van der Waals surface area (Å²) in [4.78, 5) is 28.4. The molecule has 0 aliphatic carbocycles. The monoisotopic (exact) mass is 460 g/mol. The fourth-order valence-electron chi connectivity index (χ4n) is 3.85. The Kier molecular flexibility index (Phi) is 6.20. The molecule has 7 nitrogen and oxygen atoms in total. The summed E-state index contributed by atoms with van der Waals surface area (Å²) in [6, 6.07) is 14.8. The number of nitrogens with zero attached hydrogens (tertiary/aromatic N) is 3. The highest BCUT2D eigenvalue weighted by Crippen LogP contribution is 2.31. The van der Waals surface area contributed by atoms with Crippen LogP contribution < -0.4 is 5.32 Å². The van der Waals surface area contributed by atoms with Crippen molar-refractivity contribution in [1.82, 2.24) is 9.88 Å². The fourth-order valence-corrected chi connectivity index (χ4v) is 4.69. The van der Waals surface area contributed by atoms with Gasteiger partial charge in [0.25, 0.3) is 11.6 Å². The number of nitro groups is 1. The maximum absolute atomic E-state index is 12.6. The third kappa shape index (κ3) is 4.61. The van der Waals surface area contributed by atoms with E-state index < -0.39 is 4.92 Å². The molecule has 1 N–H and O–H groups in total. The number of nitro benzene ring substituents is 1. The van der Waals surface area contributed by atoms with Gasteiger partial charge in [-0.2, -0.15) is 0 Å². The predicted octanol–water partition coefficient (Wildman–Crippen LogP) is 5.76. The lowest BCUT2D eigenvalue weighted by molar-refractivity contribution is -0.384. The number of hydrogen-bond acceptors (Lipinski definition) is 5. The van der Waals surface area contributed by atoms with Gasteiger partial charge < -0.3 is 9.88 Å². The molecule has 3 aromatic rings. The second kappa shape index (κ2) is 9.07. The maximum atomic E-state index is 12.6. The van der Waals surface area contributed by atoms with Crippen LogP contribution in [0.5, 0.6) is 0 Å². The van der Waals surface area contributed by atoms with Gasteiger partial charge in [-0.05, 0) is 86.0 Å². The van der Waals surface area contributed by atoms with E-state index in [1.807, 2.05) is 61.7 Å². The van der Waals surface area contributed by atoms with Crippen LogP contribution in [-0.2, 0) is 11.2 Å². The first kappa shape index (κ1) is 22.5. The van der Waals surface area contributed by atoms with E-state index in [0.29, 0.717) is 10.1 Å². The summed E-state index contributed by atoms with van der Waals surface area (Å²) >= 11 is 1.31. The highest BCUT2D eigenvalue weighted by atomic mass is 32.2. The molecule has 1 aliphatic heterocycles. The van der Waals surface area contributed by atoms with Crippen molar-refractivity contribution < 1.29 is 9.72 Å². The van der Waals surface area contributed by atoms with Gasteiger partial charge in [-0.1, -0.05) is 19.1 Å². The minimum absolute atomic E-state index is 0.0660. The van der Waals surface area contributed by atoms with Crippen LogP contribution in [0.2, 0.25) is 0 Å². The first-order valence-corrected chi connectivity index (χ1v) is 11.4. The Morgan fingerprint density at radius 3 is 2.48 bits per heavy atom. The van der Waals surface area contributed by atoms with E-state index in [9.17, 15) is 14.9 Å². The summed E-state index contributed by atoms with van der Waals surface area (Å²) in [6.45, 7) is 7.91. The zero-order valence-corrected chi connectivity index (χ0v) is 19.7. The summed E-state index contributed by atoms with van der Waals surface area (Å²) in [5, 5.41) is 14.5. The standard InChI is InChI=1S/C25H24N4O3S/c1-5-18-6-8-20(9-7-18)26-25-27-24(30)23(33-25)14-19-13-16(3)28(17(19)4)22-11-10-21(29(31)32)12-15(22)2/h6-14H,5H2,1-4H3,(H,26,27,30)/b23-14-. The summed E-state index contributed by atoms with van der Waals surface area (Å²) in [7, 11) is 0. The van der Waals surface area contributed by atoms with Crippen molar-refractivity contribution in [3.8, 4) is 5.69 Å². The van der Waals surface area contributed by atoms with Crippen LogP contribution in [-0.4, -0.2) is 20.6 Å². The lowest BCUT2D eigenvalue weighted by atomic mass is 10.1. The quantitative estimate of drug-likeness (QED) is 0.298. The molecule has 2 aromatic carbocycles. The van der Waals surface area contributed by atoms with Crippen LogP contribution in [0, 0.1) is 30.9 Å². The number of amides is 1. The molecule has 168 valence electrons. The molecule has 1 aromatic heterocycles. The largest absolute Gasteiger partial charge is 0.318 e. The summed E-state index contributed by atoms with van der Waals surface area (Å²) in [5.74, 6) is -0.180. The van der Waals surface area contributed by atoms with E-state index in [4.69, 9.17) is 0 Å². The average Bonchev–Trinajstić information content (AvgIpc) is 3.26. The van der Waals surface area contributed by atoms with Crippen LogP contribution in [0.4, 0.5) is 11.4 Å². The Bertz CT molecular complexity index is 1320. The fraction of sp³-hybridized carbons (Fsp3) is 0.200. The van der Waals surface area contributed by atoms with Gasteiger partial charge in [-0.3, -0.25) is 14.9 Å². The van der Waals surface area contributed by atoms with Gasteiger partial charge >= 0.3 is 0 Å². The molecule has 1 saturated heterocycles. The second-order valence-corrected chi connectivity index (χ2v) is 8.92. The van der Waals surface area contributed by atoms with Crippen molar-refractivity contribution in [3.63, 3.8) is 0 Å². The van der Waals surface area contributed by atoms with E-state index in [2.05, 4.69) is 17.2 Å². The van der Waals surface area contributed by atoms with Gasteiger partial charge in [0.1, 0.15) is 0 Å². The molecule has 1 amide bonds. The molecule has 0 radical (unpaired) electrons. The Balaban J connectivity index is 1.63. The average molecular weight is 461 g/mol. The lowest BCUT2D eigenvalue weighted by Crippen LogP contribution is -2.19. The Morgan fingerprint density at radius 2 is 1.85 bits per heavy atom. The number of non-ortho nitro benzene ring substituents is 1. The Hall–Kier alpha value is -3.65. The summed E-state index contributed by atoms with van der Waals surface area (Å²) in [6.07, 6.45) is 2.83. The number of thioether (sulfide) groups is 1. The van der Waals surface area contributed by atoms with E-state index in [1.165, 1.54) is 23.4 Å². The molecule has 8 heteroatoms. The molecular weight excluding hydrogens is 436 g/mol. The molecule has 0 spiro atoms. The molecule has 33 heavy (non-hydrogen) atoms. The lowest BCUT2D eigenvalue weighted by Gasteiger charge is -2.12. The highest BCUT2D eigenvalue weighted by molar-refractivity contribution is 8.18. The van der Waals surface area contributed by atoms with Crippen molar-refractivity contribution in [2.24, 2.45) is 4.99 Å². The van der Waals surface area contributed by atoms with Crippen molar-refractivity contribution >= 4 is 40.3 Å². The SMILES string of the molecule is CCc1ccc(N=C2NC(=O)/C(=C/c3cc(C)n(-c4ccc([N+](=O)[O-])cc4C)c3C)S2)cc1. The van der Waals surface area contributed by atoms with Gasteiger partial charge in [-0.15, -0.1) is 0 Å². The van der Waals surface area contributed by atoms with Crippen molar-refractivity contribution in [3.05, 3.63) is 91.6 Å². The second-order valence-electron chi connectivity index (χ2n) is 7.89. The van der Waals surface area contributed by atoms with E-state index >= 15 is 0 Å². The zero-order valence-electron chi connectivity index (χ0n) is 18.9. The number of amidine groups is 1. The summed E-state index contributed by atoms with van der Waals surface area (Å²) in [5.41, 5.74) is 6.62. The number of aromatic nitrogens is 1. The van der Waals surface area contributed by atoms with E-state index in [0.717, 1.165) is 40.3 Å². The first-order chi connectivity index (χ1) is 15.8. The summed E-state index contributed by atoms with van der Waals surface area (Å²) < 4.78 is 2.05. The van der Waals surface area contributed by atoms with Gasteiger partial charge in [0.15, 0.2) is 5.17 Å². The van der Waals surface area contributed by atoms with Crippen molar-refractivity contribution in [1.29, 1.82) is 0 Å². The topological polar surface area (TPSA) is 89.5 Å². The number of carbonyl (C=O) groups excluding carboxylic acids is 1. The van der Waals surface area contributed by atoms with E-state index in [1.54, 1.807) is 12.1 Å². The molecule has 4 rings (SSSR count). The predicted molar refractivity (Wildman–Crippen MR) is 133 cm³/mol. The molecule has 1 aliphatic rings. The zero-order chi connectivity index (χ0) is 23.7. The highest BCUT2D eigenvalue weighted by Gasteiger charge is 2.25. The number of hydrogen-bond donors (Lipinski definition) is 1. The van der Waals surface area contributed by atoms with Gasteiger partial charge in [-0.25, -0.2) is 4.99 Å². The molecule has 0 saturated carbocycles.